The van der Waals surface area contributed by atoms with E-state index in [-0.39, 0.29) is 0 Å². The van der Waals surface area contributed by atoms with Gasteiger partial charge in [-0.2, -0.15) is 0 Å². The Kier molecular flexibility index (Phi) is 4.83. The van der Waals surface area contributed by atoms with Crippen LogP contribution < -0.4 is 20.1 Å². The molecule has 0 aliphatic carbocycles. The number of guanidine groups is 1. The average Bonchev–Trinajstić information content (AvgIpc) is 3.13. The molecule has 1 aliphatic rings. The normalized spacial score (nSPS) is 19.9. The first kappa shape index (κ1) is 16.5. The molecule has 0 amide bonds. The summed E-state index contributed by atoms with van der Waals surface area (Å²) in [5.41, 5.74) is 2.22. The van der Waals surface area contributed by atoms with Gasteiger partial charge in [-0.25, -0.2) is 0 Å². The number of benzene rings is 1. The van der Waals surface area contributed by atoms with Gasteiger partial charge in [0.15, 0.2) is 5.96 Å². The molecule has 3 N–H and O–H groups in total. The maximum atomic E-state index is 5.46. The first-order valence-electron chi connectivity index (χ1n) is 8.42. The van der Waals surface area contributed by atoms with Crippen LogP contribution in [-0.2, 0) is 6.42 Å². The van der Waals surface area contributed by atoms with Crippen LogP contribution in [0.3, 0.4) is 0 Å². The fourth-order valence-corrected chi connectivity index (χ4v) is 2.93. The summed E-state index contributed by atoms with van der Waals surface area (Å²) in [7, 11) is 3.34. The molecule has 2 aromatic rings. The third-order valence-corrected chi connectivity index (χ3v) is 4.54. The van der Waals surface area contributed by atoms with Crippen molar-refractivity contribution in [1.82, 2.24) is 15.6 Å². The van der Waals surface area contributed by atoms with E-state index in [0.29, 0.717) is 12.1 Å². The van der Waals surface area contributed by atoms with E-state index in [9.17, 15) is 0 Å². The Balaban J connectivity index is 1.63. The molecule has 1 aromatic heterocycles. The molecular weight excluding hydrogens is 304 g/mol. The molecule has 1 fully saturated rings. The zero-order valence-electron chi connectivity index (χ0n) is 14.8. The summed E-state index contributed by atoms with van der Waals surface area (Å²) in [6.07, 6.45) is 1.93. The molecule has 0 bridgehead atoms. The van der Waals surface area contributed by atoms with Gasteiger partial charge in [-0.15, -0.1) is 0 Å². The standard InChI is InChI=1S/C18H26N4O2/c1-11-12(2)21-18(20-11)19-7-5-6-13-8-15-16(22-13)9-14(23-3)10-17(15)24-4/h8-12,22H,5-7H2,1-4H3,(H2,19,20,21). The number of H-pyrrole nitrogens is 1. The molecule has 1 aliphatic heterocycles. The first-order chi connectivity index (χ1) is 11.6. The van der Waals surface area contributed by atoms with Gasteiger partial charge in [0.1, 0.15) is 11.5 Å². The monoisotopic (exact) mass is 330 g/mol. The van der Waals surface area contributed by atoms with Crippen molar-refractivity contribution in [3.05, 3.63) is 23.9 Å². The molecule has 130 valence electrons. The summed E-state index contributed by atoms with van der Waals surface area (Å²) in [5.74, 6) is 2.54. The largest absolute Gasteiger partial charge is 0.497 e. The highest BCUT2D eigenvalue weighted by Crippen LogP contribution is 2.31. The Hall–Kier alpha value is -2.37. The van der Waals surface area contributed by atoms with Crippen molar-refractivity contribution in [3.8, 4) is 11.5 Å². The molecule has 3 rings (SSSR count). The third-order valence-electron chi connectivity index (χ3n) is 4.54. The number of ether oxygens (including phenoxy) is 2. The number of aromatic nitrogens is 1. The Morgan fingerprint density at radius 3 is 2.46 bits per heavy atom. The summed E-state index contributed by atoms with van der Waals surface area (Å²) in [6, 6.07) is 6.92. The Morgan fingerprint density at radius 1 is 1.04 bits per heavy atom. The van der Waals surface area contributed by atoms with Crippen molar-refractivity contribution in [1.29, 1.82) is 0 Å². The van der Waals surface area contributed by atoms with Crippen LogP contribution in [0, 0.1) is 0 Å². The zero-order chi connectivity index (χ0) is 17.1. The van der Waals surface area contributed by atoms with Crippen LogP contribution in [-0.4, -0.2) is 43.8 Å². The van der Waals surface area contributed by atoms with Gasteiger partial charge in [0, 0.05) is 41.8 Å². The number of rotatable bonds is 6. The van der Waals surface area contributed by atoms with E-state index >= 15 is 0 Å². The van der Waals surface area contributed by atoms with Crippen LogP contribution in [0.4, 0.5) is 0 Å². The molecule has 2 heterocycles. The van der Waals surface area contributed by atoms with Crippen molar-refractivity contribution in [2.75, 3.05) is 20.8 Å². The maximum Gasteiger partial charge on any atom is 0.191 e. The number of fused-ring (bicyclic) bond motifs is 1. The fourth-order valence-electron chi connectivity index (χ4n) is 2.93. The molecule has 2 unspecified atom stereocenters. The molecule has 6 heteroatoms. The van der Waals surface area contributed by atoms with Crippen LogP contribution >= 0.6 is 0 Å². The van der Waals surface area contributed by atoms with Gasteiger partial charge in [0.2, 0.25) is 0 Å². The van der Waals surface area contributed by atoms with Crippen molar-refractivity contribution >= 4 is 16.9 Å². The predicted octanol–water partition coefficient (Wildman–Crippen LogP) is 2.44. The highest BCUT2D eigenvalue weighted by molar-refractivity contribution is 5.88. The lowest BCUT2D eigenvalue weighted by Gasteiger charge is -2.04. The molecule has 6 nitrogen and oxygen atoms in total. The second kappa shape index (κ2) is 7.03. The number of hydrogen-bond acceptors (Lipinski definition) is 3. The van der Waals surface area contributed by atoms with Gasteiger partial charge in [-0.1, -0.05) is 0 Å². The van der Waals surface area contributed by atoms with Crippen LogP contribution in [0.25, 0.3) is 10.9 Å². The lowest BCUT2D eigenvalue weighted by atomic mass is 10.2. The molecule has 0 radical (unpaired) electrons. The van der Waals surface area contributed by atoms with Gasteiger partial charge in [-0.05, 0) is 32.8 Å². The van der Waals surface area contributed by atoms with E-state index < -0.39 is 0 Å². The predicted molar refractivity (Wildman–Crippen MR) is 97.2 cm³/mol. The average molecular weight is 330 g/mol. The van der Waals surface area contributed by atoms with E-state index in [1.807, 2.05) is 12.1 Å². The third kappa shape index (κ3) is 3.42. The Bertz CT molecular complexity index is 726. The highest BCUT2D eigenvalue weighted by Gasteiger charge is 2.21. The molecule has 0 spiro atoms. The number of nitrogens with zero attached hydrogens (tertiary/aromatic N) is 1. The minimum atomic E-state index is 0.430. The number of aryl methyl sites for hydroxylation is 1. The quantitative estimate of drug-likeness (QED) is 0.712. The number of nitrogens with one attached hydrogen (secondary N) is 3. The van der Waals surface area contributed by atoms with Crippen LogP contribution in [0.1, 0.15) is 26.0 Å². The van der Waals surface area contributed by atoms with E-state index in [1.54, 1.807) is 14.2 Å². The minimum Gasteiger partial charge on any atom is -0.497 e. The first-order valence-corrected chi connectivity index (χ1v) is 8.42. The van der Waals surface area contributed by atoms with Gasteiger partial charge >= 0.3 is 0 Å². The topological polar surface area (TPSA) is 70.7 Å². The smallest absolute Gasteiger partial charge is 0.191 e. The number of methoxy groups -OCH3 is 2. The summed E-state index contributed by atoms with van der Waals surface area (Å²) >= 11 is 0. The summed E-state index contributed by atoms with van der Waals surface area (Å²) < 4.78 is 10.8. The number of aromatic amines is 1. The maximum absolute atomic E-state index is 5.46. The van der Waals surface area contributed by atoms with Crippen molar-refractivity contribution in [3.63, 3.8) is 0 Å². The summed E-state index contributed by atoms with van der Waals surface area (Å²) in [6.45, 7) is 5.11. The lowest BCUT2D eigenvalue weighted by molar-refractivity contribution is 0.398. The zero-order valence-corrected chi connectivity index (χ0v) is 14.8. The van der Waals surface area contributed by atoms with E-state index in [1.165, 1.54) is 5.69 Å². The fraction of sp³-hybridized carbons (Fsp3) is 0.500. The number of aliphatic imine (C=N–C) groups is 1. The Morgan fingerprint density at radius 2 is 1.79 bits per heavy atom. The lowest BCUT2D eigenvalue weighted by Crippen LogP contribution is -2.26. The molecule has 2 atom stereocenters. The van der Waals surface area contributed by atoms with Crippen molar-refractivity contribution in [2.45, 2.75) is 38.8 Å². The molecule has 1 saturated heterocycles. The van der Waals surface area contributed by atoms with Gasteiger partial charge < -0.3 is 25.1 Å². The van der Waals surface area contributed by atoms with Crippen LogP contribution in [0.5, 0.6) is 11.5 Å². The Labute approximate surface area is 142 Å². The van der Waals surface area contributed by atoms with Crippen LogP contribution in [0.15, 0.2) is 23.2 Å². The van der Waals surface area contributed by atoms with Gasteiger partial charge in [-0.3, -0.25) is 4.99 Å². The molecule has 0 saturated carbocycles. The van der Waals surface area contributed by atoms with E-state index in [4.69, 9.17) is 9.47 Å². The SMILES string of the molecule is COc1cc(OC)c2cc(CCCN=C3NC(C)C(C)N3)[nH]c2c1. The second-order valence-electron chi connectivity index (χ2n) is 6.29. The second-order valence-corrected chi connectivity index (χ2v) is 6.29. The molecule has 1 aromatic carbocycles. The summed E-state index contributed by atoms with van der Waals surface area (Å²) in [4.78, 5) is 8.04. The van der Waals surface area contributed by atoms with E-state index in [2.05, 4.69) is 40.5 Å². The van der Waals surface area contributed by atoms with Gasteiger partial charge in [0.05, 0.1) is 19.7 Å². The van der Waals surface area contributed by atoms with E-state index in [0.717, 1.165) is 47.7 Å². The molecule has 24 heavy (non-hydrogen) atoms. The summed E-state index contributed by atoms with van der Waals surface area (Å²) in [5, 5.41) is 7.79. The van der Waals surface area contributed by atoms with Crippen LogP contribution in [0.2, 0.25) is 0 Å². The van der Waals surface area contributed by atoms with Crippen molar-refractivity contribution < 1.29 is 9.47 Å². The highest BCUT2D eigenvalue weighted by atomic mass is 16.5. The minimum absolute atomic E-state index is 0.430. The van der Waals surface area contributed by atoms with Gasteiger partial charge in [0.25, 0.3) is 0 Å². The molecular formula is C18H26N4O2. The van der Waals surface area contributed by atoms with Crippen molar-refractivity contribution in [2.24, 2.45) is 4.99 Å². The number of hydrogen-bond donors (Lipinski definition) is 3.